The van der Waals surface area contributed by atoms with E-state index in [4.69, 9.17) is 17.3 Å². The molecular formula is C10H7ClF3N3. The van der Waals surface area contributed by atoms with Gasteiger partial charge in [0, 0.05) is 12.1 Å². The number of hydrogen-bond donors (Lipinski definition) is 1. The SMILES string of the molecule is Cc1nn(-c2cc(F)c(F)cc2F)c(N)c1Cl. The summed E-state index contributed by atoms with van der Waals surface area (Å²) >= 11 is 5.77. The zero-order valence-electron chi connectivity index (χ0n) is 8.64. The van der Waals surface area contributed by atoms with Gasteiger partial charge in [-0.15, -0.1) is 0 Å². The van der Waals surface area contributed by atoms with Gasteiger partial charge in [-0.3, -0.25) is 0 Å². The molecule has 1 heterocycles. The van der Waals surface area contributed by atoms with Crippen molar-refractivity contribution in [3.63, 3.8) is 0 Å². The Labute approximate surface area is 99.6 Å². The molecule has 0 saturated heterocycles. The number of aryl methyl sites for hydroxylation is 1. The lowest BCUT2D eigenvalue weighted by Crippen LogP contribution is -2.06. The number of hydrogen-bond acceptors (Lipinski definition) is 2. The van der Waals surface area contributed by atoms with Crippen LogP contribution in [-0.2, 0) is 0 Å². The lowest BCUT2D eigenvalue weighted by molar-refractivity contribution is 0.491. The van der Waals surface area contributed by atoms with Crippen molar-refractivity contribution in [2.75, 3.05) is 5.73 Å². The molecule has 7 heteroatoms. The van der Waals surface area contributed by atoms with Crippen LogP contribution < -0.4 is 5.73 Å². The van der Waals surface area contributed by atoms with Crippen molar-refractivity contribution >= 4 is 17.4 Å². The van der Waals surface area contributed by atoms with Gasteiger partial charge in [-0.25, -0.2) is 17.9 Å². The van der Waals surface area contributed by atoms with Gasteiger partial charge in [0.05, 0.1) is 5.69 Å². The first kappa shape index (κ1) is 11.8. The van der Waals surface area contributed by atoms with Gasteiger partial charge in [-0.2, -0.15) is 5.10 Å². The first-order valence-electron chi connectivity index (χ1n) is 4.57. The molecule has 17 heavy (non-hydrogen) atoms. The molecule has 0 aliphatic heterocycles. The molecule has 1 aromatic heterocycles. The third kappa shape index (κ3) is 1.84. The van der Waals surface area contributed by atoms with Crippen molar-refractivity contribution in [3.05, 3.63) is 40.3 Å². The van der Waals surface area contributed by atoms with Crippen molar-refractivity contribution in [1.82, 2.24) is 9.78 Å². The lowest BCUT2D eigenvalue weighted by atomic mass is 10.3. The molecule has 0 fully saturated rings. The molecule has 90 valence electrons. The highest BCUT2D eigenvalue weighted by Gasteiger charge is 2.17. The van der Waals surface area contributed by atoms with E-state index in [1.54, 1.807) is 6.92 Å². The van der Waals surface area contributed by atoms with Crippen LogP contribution in [0.4, 0.5) is 19.0 Å². The first-order valence-corrected chi connectivity index (χ1v) is 4.95. The molecule has 0 aliphatic rings. The molecule has 0 bridgehead atoms. The zero-order chi connectivity index (χ0) is 12.7. The zero-order valence-corrected chi connectivity index (χ0v) is 9.39. The van der Waals surface area contributed by atoms with Crippen LogP contribution in [0.5, 0.6) is 0 Å². The van der Waals surface area contributed by atoms with Crippen LogP contribution in [0.3, 0.4) is 0 Å². The maximum Gasteiger partial charge on any atom is 0.161 e. The van der Waals surface area contributed by atoms with Crippen LogP contribution in [-0.4, -0.2) is 9.78 Å². The Morgan fingerprint density at radius 3 is 2.29 bits per heavy atom. The van der Waals surface area contributed by atoms with Crippen LogP contribution in [0.25, 0.3) is 5.69 Å². The number of nitrogens with zero attached hydrogens (tertiary/aromatic N) is 2. The fourth-order valence-electron chi connectivity index (χ4n) is 1.38. The first-order chi connectivity index (χ1) is 7.91. The predicted octanol–water partition coefficient (Wildman–Crippen LogP) is 2.83. The van der Waals surface area contributed by atoms with Gasteiger partial charge in [0.2, 0.25) is 0 Å². The molecule has 1 aromatic carbocycles. The topological polar surface area (TPSA) is 43.8 Å². The quantitative estimate of drug-likeness (QED) is 0.802. The van der Waals surface area contributed by atoms with Gasteiger partial charge in [0.15, 0.2) is 17.5 Å². The number of aromatic nitrogens is 2. The Kier molecular flexibility index (Phi) is 2.74. The number of benzene rings is 1. The maximum absolute atomic E-state index is 13.5. The highest BCUT2D eigenvalue weighted by molar-refractivity contribution is 6.33. The highest BCUT2D eigenvalue weighted by Crippen LogP contribution is 2.27. The van der Waals surface area contributed by atoms with Gasteiger partial charge in [0.1, 0.15) is 16.5 Å². The molecule has 0 aliphatic carbocycles. The van der Waals surface area contributed by atoms with Crippen LogP contribution in [0.1, 0.15) is 5.69 Å². The van der Waals surface area contributed by atoms with E-state index >= 15 is 0 Å². The smallest absolute Gasteiger partial charge is 0.161 e. The molecule has 0 atom stereocenters. The van der Waals surface area contributed by atoms with E-state index in [9.17, 15) is 13.2 Å². The number of anilines is 1. The second-order valence-electron chi connectivity index (χ2n) is 3.41. The van der Waals surface area contributed by atoms with Crippen molar-refractivity contribution in [3.8, 4) is 5.69 Å². The summed E-state index contributed by atoms with van der Waals surface area (Å²) in [6.45, 7) is 1.56. The van der Waals surface area contributed by atoms with Gasteiger partial charge in [-0.1, -0.05) is 11.6 Å². The Morgan fingerprint density at radius 1 is 1.18 bits per heavy atom. The summed E-state index contributed by atoms with van der Waals surface area (Å²) < 4.78 is 40.2. The average Bonchev–Trinajstić information content (AvgIpc) is 2.51. The largest absolute Gasteiger partial charge is 0.382 e. The number of nitrogens with two attached hydrogens (primary N) is 1. The van der Waals surface area contributed by atoms with Crippen molar-refractivity contribution in [2.45, 2.75) is 6.92 Å². The van der Waals surface area contributed by atoms with Crippen LogP contribution >= 0.6 is 11.6 Å². The van der Waals surface area contributed by atoms with Crippen molar-refractivity contribution in [1.29, 1.82) is 0 Å². The highest BCUT2D eigenvalue weighted by atomic mass is 35.5. The summed E-state index contributed by atoms with van der Waals surface area (Å²) in [6.07, 6.45) is 0. The minimum absolute atomic E-state index is 0.0333. The van der Waals surface area contributed by atoms with E-state index in [2.05, 4.69) is 5.10 Å². The van der Waals surface area contributed by atoms with E-state index in [-0.39, 0.29) is 16.5 Å². The van der Waals surface area contributed by atoms with Gasteiger partial charge in [-0.05, 0) is 6.92 Å². The predicted molar refractivity (Wildman–Crippen MR) is 57.6 cm³/mol. The minimum Gasteiger partial charge on any atom is -0.382 e. The van der Waals surface area contributed by atoms with Crippen LogP contribution in [0.2, 0.25) is 5.02 Å². The minimum atomic E-state index is -1.28. The summed E-state index contributed by atoms with van der Waals surface area (Å²) in [6, 6.07) is 1.10. The number of nitrogen functional groups attached to an aromatic ring is 1. The molecule has 0 amide bonds. The standard InChI is InChI=1S/C10H7ClF3N3/c1-4-9(11)10(15)17(16-4)8-3-6(13)5(12)2-7(8)14/h2-3H,15H2,1H3. The molecule has 2 rings (SSSR count). The van der Waals surface area contributed by atoms with E-state index in [1.807, 2.05) is 0 Å². The molecule has 0 spiro atoms. The molecule has 0 unspecified atom stereocenters. The second-order valence-corrected chi connectivity index (χ2v) is 3.79. The van der Waals surface area contributed by atoms with Crippen LogP contribution in [0, 0.1) is 24.4 Å². The van der Waals surface area contributed by atoms with E-state index in [0.29, 0.717) is 17.8 Å². The summed E-state index contributed by atoms with van der Waals surface area (Å²) in [5, 5.41) is 3.99. The van der Waals surface area contributed by atoms with E-state index < -0.39 is 17.5 Å². The Bertz CT molecular complexity index is 595. The fraction of sp³-hybridized carbons (Fsp3) is 0.100. The molecule has 0 radical (unpaired) electrons. The average molecular weight is 262 g/mol. The molecular weight excluding hydrogens is 255 g/mol. The van der Waals surface area contributed by atoms with E-state index in [0.717, 1.165) is 4.68 Å². The number of halogens is 4. The summed E-state index contributed by atoms with van der Waals surface area (Å²) in [5.41, 5.74) is 5.65. The molecule has 2 aromatic rings. The van der Waals surface area contributed by atoms with Crippen molar-refractivity contribution in [2.24, 2.45) is 0 Å². The summed E-state index contributed by atoms with van der Waals surface area (Å²) in [4.78, 5) is 0. The molecule has 2 N–H and O–H groups in total. The Morgan fingerprint density at radius 2 is 1.76 bits per heavy atom. The second kappa shape index (κ2) is 3.96. The Hall–Kier alpha value is -1.69. The number of rotatable bonds is 1. The van der Waals surface area contributed by atoms with Gasteiger partial charge in [0.25, 0.3) is 0 Å². The maximum atomic E-state index is 13.5. The Balaban J connectivity index is 2.68. The molecule has 0 saturated carbocycles. The van der Waals surface area contributed by atoms with Crippen LogP contribution in [0.15, 0.2) is 12.1 Å². The third-order valence-corrected chi connectivity index (χ3v) is 2.71. The normalized spacial score (nSPS) is 10.9. The van der Waals surface area contributed by atoms with Gasteiger partial charge < -0.3 is 5.73 Å². The summed E-state index contributed by atoms with van der Waals surface area (Å²) in [7, 11) is 0. The van der Waals surface area contributed by atoms with Gasteiger partial charge >= 0.3 is 0 Å². The van der Waals surface area contributed by atoms with Crippen molar-refractivity contribution < 1.29 is 13.2 Å². The third-order valence-electron chi connectivity index (χ3n) is 2.24. The lowest BCUT2D eigenvalue weighted by Gasteiger charge is -2.06. The fourth-order valence-corrected chi connectivity index (χ4v) is 1.50. The molecule has 3 nitrogen and oxygen atoms in total. The summed E-state index contributed by atoms with van der Waals surface area (Å²) in [5.74, 6) is -3.48. The van der Waals surface area contributed by atoms with E-state index in [1.165, 1.54) is 0 Å². The monoisotopic (exact) mass is 261 g/mol.